The number of hydrogen-bond donors (Lipinski definition) is 6. The molecule has 360 valence electrons. The zero-order valence-corrected chi connectivity index (χ0v) is 38.4. The molecule has 0 aromatic carbocycles. The molecule has 0 spiro atoms. The Labute approximate surface area is 369 Å². The Bertz CT molecular complexity index is 1080. The molecule has 0 saturated carbocycles. The molecule has 61 heavy (non-hydrogen) atoms. The minimum atomic E-state index is -2.29. The summed E-state index contributed by atoms with van der Waals surface area (Å²) in [5, 5.41) is 63.6. The van der Waals surface area contributed by atoms with Crippen molar-refractivity contribution in [2.75, 3.05) is 19.8 Å². The zero-order chi connectivity index (χ0) is 44.6. The lowest BCUT2D eigenvalue weighted by Gasteiger charge is -2.43. The maximum atomic E-state index is 12.8. The molecule has 13 nitrogen and oxygen atoms in total. The second-order valence-corrected chi connectivity index (χ2v) is 18.0. The van der Waals surface area contributed by atoms with E-state index in [0.29, 0.717) is 12.8 Å². The SMILES string of the molecule is CCCCCCCCCCCCCCCCCC(=O)OCC1OC(O[C@]2(COC(=O)CCCCCCCCCCCCCCCCC)OC(CO)C(O)C2O)C(O)C(O)C1O. The number of ether oxygens (including phenoxy) is 5. The Morgan fingerprint density at radius 1 is 0.475 bits per heavy atom. The molecule has 2 aliphatic heterocycles. The summed E-state index contributed by atoms with van der Waals surface area (Å²) in [4.78, 5) is 25.3. The van der Waals surface area contributed by atoms with Crippen molar-refractivity contribution in [2.45, 2.75) is 274 Å². The molecule has 2 aliphatic rings. The zero-order valence-electron chi connectivity index (χ0n) is 38.4. The van der Waals surface area contributed by atoms with Crippen LogP contribution in [-0.2, 0) is 33.3 Å². The number of esters is 2. The number of hydrogen-bond acceptors (Lipinski definition) is 13. The minimum Gasteiger partial charge on any atom is -0.463 e. The molecule has 2 saturated heterocycles. The smallest absolute Gasteiger partial charge is 0.305 e. The number of aliphatic hydroxyl groups excluding tert-OH is 6. The van der Waals surface area contributed by atoms with Gasteiger partial charge in [-0.1, -0.05) is 194 Å². The lowest BCUT2D eigenvalue weighted by Crippen LogP contribution is -2.63. The van der Waals surface area contributed by atoms with Gasteiger partial charge in [-0.2, -0.15) is 0 Å². The van der Waals surface area contributed by atoms with Gasteiger partial charge < -0.3 is 54.3 Å². The van der Waals surface area contributed by atoms with Crippen LogP contribution in [0.5, 0.6) is 0 Å². The van der Waals surface area contributed by atoms with Gasteiger partial charge in [0.2, 0.25) is 5.79 Å². The topological polar surface area (TPSA) is 202 Å². The molecule has 0 aromatic rings. The normalized spacial score (nSPS) is 26.5. The van der Waals surface area contributed by atoms with E-state index in [1.807, 2.05) is 0 Å². The van der Waals surface area contributed by atoms with Crippen LogP contribution in [0.2, 0.25) is 0 Å². The van der Waals surface area contributed by atoms with Crippen LogP contribution >= 0.6 is 0 Å². The first-order valence-electron chi connectivity index (χ1n) is 24.9. The van der Waals surface area contributed by atoms with Crippen molar-refractivity contribution in [2.24, 2.45) is 0 Å². The first-order valence-corrected chi connectivity index (χ1v) is 24.9. The largest absolute Gasteiger partial charge is 0.463 e. The van der Waals surface area contributed by atoms with E-state index in [-0.39, 0.29) is 12.8 Å². The van der Waals surface area contributed by atoms with Gasteiger partial charge in [0.15, 0.2) is 6.29 Å². The predicted octanol–water partition coefficient (Wildman–Crippen LogP) is 8.23. The maximum Gasteiger partial charge on any atom is 0.305 e. The second kappa shape index (κ2) is 34.9. The summed E-state index contributed by atoms with van der Waals surface area (Å²) >= 11 is 0. The molecular formula is C48H90O13. The van der Waals surface area contributed by atoms with Crippen LogP contribution in [0.25, 0.3) is 0 Å². The highest BCUT2D eigenvalue weighted by molar-refractivity contribution is 5.69. The van der Waals surface area contributed by atoms with Crippen molar-refractivity contribution < 1.29 is 63.9 Å². The average Bonchev–Trinajstić information content (AvgIpc) is 3.49. The third-order valence-corrected chi connectivity index (χ3v) is 12.5. The summed E-state index contributed by atoms with van der Waals surface area (Å²) in [6.45, 7) is 2.61. The van der Waals surface area contributed by atoms with E-state index in [4.69, 9.17) is 23.7 Å². The van der Waals surface area contributed by atoms with E-state index >= 15 is 0 Å². The van der Waals surface area contributed by atoms with Crippen molar-refractivity contribution in [3.05, 3.63) is 0 Å². The van der Waals surface area contributed by atoms with Gasteiger partial charge in [0, 0.05) is 12.8 Å². The standard InChI is InChI=1S/C48H90O13/c1-3-5-7-9-11-13-15-17-19-21-23-25-27-29-31-33-40(50)57-36-39-42(52)44(54)45(55)47(59-39)61-48(46(56)43(53)38(35-49)60-48)37-58-41(51)34-32-30-28-26-24-22-20-18-16-14-12-10-8-6-4-2/h38-39,42-47,49,52-56H,3-37H2,1-2H3/t38?,39?,42?,43?,44?,45?,46?,47?,48-/m0/s1. The number of carbonyl (C=O) groups is 2. The third kappa shape index (κ3) is 23.4. The van der Waals surface area contributed by atoms with Gasteiger partial charge in [-0.15, -0.1) is 0 Å². The number of aliphatic hydroxyl groups is 6. The summed E-state index contributed by atoms with van der Waals surface area (Å²) in [6.07, 6.45) is 23.1. The molecule has 9 atom stereocenters. The van der Waals surface area contributed by atoms with Crippen LogP contribution in [0, 0.1) is 0 Å². The number of carbonyl (C=O) groups excluding carboxylic acids is 2. The quantitative estimate of drug-likeness (QED) is 0.0255. The first kappa shape index (κ1) is 55.7. The van der Waals surface area contributed by atoms with Crippen molar-refractivity contribution in [1.29, 1.82) is 0 Å². The first-order chi connectivity index (χ1) is 29.6. The highest BCUT2D eigenvalue weighted by Gasteiger charge is 2.59. The molecule has 2 fully saturated rings. The summed E-state index contributed by atoms with van der Waals surface area (Å²) in [6, 6.07) is 0. The van der Waals surface area contributed by atoms with E-state index in [0.717, 1.165) is 38.5 Å². The monoisotopic (exact) mass is 875 g/mol. The van der Waals surface area contributed by atoms with E-state index in [1.54, 1.807) is 0 Å². The van der Waals surface area contributed by atoms with Gasteiger partial charge in [0.25, 0.3) is 0 Å². The fourth-order valence-corrected chi connectivity index (χ4v) is 8.39. The highest BCUT2D eigenvalue weighted by atomic mass is 16.8. The van der Waals surface area contributed by atoms with Gasteiger partial charge in [0.1, 0.15) is 55.9 Å². The van der Waals surface area contributed by atoms with Crippen LogP contribution in [0.3, 0.4) is 0 Å². The fourth-order valence-electron chi connectivity index (χ4n) is 8.39. The predicted molar refractivity (Wildman–Crippen MR) is 235 cm³/mol. The van der Waals surface area contributed by atoms with E-state index in [2.05, 4.69) is 13.8 Å². The molecule has 8 unspecified atom stereocenters. The summed E-state index contributed by atoms with van der Waals surface area (Å²) in [5.74, 6) is -3.38. The minimum absolute atomic E-state index is 0.108. The van der Waals surface area contributed by atoms with Gasteiger partial charge in [-0.05, 0) is 12.8 Å². The van der Waals surface area contributed by atoms with Gasteiger partial charge in [-0.3, -0.25) is 9.59 Å². The third-order valence-electron chi connectivity index (χ3n) is 12.5. The average molecular weight is 875 g/mol. The molecule has 6 N–H and O–H groups in total. The molecule has 0 radical (unpaired) electrons. The Morgan fingerprint density at radius 3 is 1.23 bits per heavy atom. The Hall–Kier alpha value is -1.42. The van der Waals surface area contributed by atoms with Crippen molar-refractivity contribution in [3.8, 4) is 0 Å². The summed E-state index contributed by atoms with van der Waals surface area (Å²) in [5.41, 5.74) is 0. The fraction of sp³-hybridized carbons (Fsp3) is 0.958. The highest BCUT2D eigenvalue weighted by Crippen LogP contribution is 2.37. The van der Waals surface area contributed by atoms with Crippen molar-refractivity contribution in [1.82, 2.24) is 0 Å². The van der Waals surface area contributed by atoms with Crippen molar-refractivity contribution in [3.63, 3.8) is 0 Å². The summed E-state index contributed by atoms with van der Waals surface area (Å²) < 4.78 is 28.1. The number of unbranched alkanes of at least 4 members (excludes halogenated alkanes) is 28. The number of rotatable bonds is 39. The Morgan fingerprint density at radius 2 is 0.852 bits per heavy atom. The van der Waals surface area contributed by atoms with Crippen LogP contribution in [0.1, 0.15) is 219 Å². The van der Waals surface area contributed by atoms with E-state index in [1.165, 1.54) is 141 Å². The van der Waals surface area contributed by atoms with Crippen molar-refractivity contribution >= 4 is 11.9 Å². The molecule has 0 amide bonds. The maximum absolute atomic E-state index is 12.8. The van der Waals surface area contributed by atoms with Crippen LogP contribution in [0.4, 0.5) is 0 Å². The lowest BCUT2D eigenvalue weighted by atomic mass is 9.99. The van der Waals surface area contributed by atoms with E-state index in [9.17, 15) is 40.2 Å². The molecular weight excluding hydrogens is 785 g/mol. The molecule has 2 heterocycles. The second-order valence-electron chi connectivity index (χ2n) is 18.0. The molecule has 0 aliphatic carbocycles. The van der Waals surface area contributed by atoms with Gasteiger partial charge >= 0.3 is 11.9 Å². The summed E-state index contributed by atoms with van der Waals surface area (Å²) in [7, 11) is 0. The molecule has 0 bridgehead atoms. The Kier molecular flexibility index (Phi) is 31.9. The molecule has 0 aromatic heterocycles. The van der Waals surface area contributed by atoms with Crippen LogP contribution in [-0.4, -0.2) is 117 Å². The van der Waals surface area contributed by atoms with E-state index < -0.39 is 86.6 Å². The van der Waals surface area contributed by atoms with Crippen LogP contribution in [0.15, 0.2) is 0 Å². The molecule has 2 rings (SSSR count). The Balaban J connectivity index is 1.70. The van der Waals surface area contributed by atoms with Gasteiger partial charge in [-0.25, -0.2) is 0 Å². The van der Waals surface area contributed by atoms with Crippen LogP contribution < -0.4 is 0 Å². The molecule has 13 heteroatoms. The lowest BCUT2D eigenvalue weighted by molar-refractivity contribution is -0.383. The van der Waals surface area contributed by atoms with Gasteiger partial charge in [0.05, 0.1) is 6.61 Å².